The Morgan fingerprint density at radius 2 is 2.04 bits per heavy atom. The quantitative estimate of drug-likeness (QED) is 0.481. The summed E-state index contributed by atoms with van der Waals surface area (Å²) in [5.41, 5.74) is 7.95. The molecule has 0 fully saturated rings. The van der Waals surface area contributed by atoms with Crippen molar-refractivity contribution in [3.63, 3.8) is 0 Å². The first kappa shape index (κ1) is 17.5. The van der Waals surface area contributed by atoms with Crippen LogP contribution >= 0.6 is 0 Å². The molecule has 0 saturated carbocycles. The molecule has 1 heterocycles. The third kappa shape index (κ3) is 4.57. The van der Waals surface area contributed by atoms with Crippen LogP contribution in [0.2, 0.25) is 0 Å². The highest BCUT2D eigenvalue weighted by atomic mass is 16.4. The summed E-state index contributed by atoms with van der Waals surface area (Å²) in [4.78, 5) is 15.4. The Morgan fingerprint density at radius 1 is 1.35 bits per heavy atom. The van der Waals surface area contributed by atoms with Gasteiger partial charge in [0.2, 0.25) is 5.91 Å². The van der Waals surface area contributed by atoms with Crippen LogP contribution in [0.4, 0.5) is 0 Å². The number of hydrogen-bond donors (Lipinski definition) is 5. The summed E-state index contributed by atoms with van der Waals surface area (Å²) in [6.07, 6.45) is 2.71. The van der Waals surface area contributed by atoms with E-state index in [2.05, 4.69) is 10.3 Å². The second-order valence-corrected chi connectivity index (χ2v) is 6.33. The normalized spacial score (nSPS) is 14.0. The fourth-order valence-electron chi connectivity index (χ4n) is 2.68. The van der Waals surface area contributed by atoms with Crippen molar-refractivity contribution in [3.8, 4) is 0 Å². The van der Waals surface area contributed by atoms with Gasteiger partial charge >= 0.3 is 7.12 Å². The SMILES string of the molecule is CC(C)C[C@H](NC(=O)[C@@H](N)Cc1c[nH]c2ccccc12)B(O)O. The first-order valence-corrected chi connectivity index (χ1v) is 7.85. The fourth-order valence-corrected chi connectivity index (χ4v) is 2.68. The summed E-state index contributed by atoms with van der Waals surface area (Å²) >= 11 is 0. The Balaban J connectivity index is 2.02. The minimum Gasteiger partial charge on any atom is -0.426 e. The summed E-state index contributed by atoms with van der Waals surface area (Å²) < 4.78 is 0. The molecular formula is C16H24BN3O3. The fraction of sp³-hybridized carbons (Fsp3) is 0.438. The molecule has 23 heavy (non-hydrogen) atoms. The van der Waals surface area contributed by atoms with E-state index in [-0.39, 0.29) is 11.8 Å². The minimum atomic E-state index is -1.60. The molecule has 0 unspecified atom stereocenters. The van der Waals surface area contributed by atoms with E-state index in [9.17, 15) is 14.8 Å². The Morgan fingerprint density at radius 3 is 2.70 bits per heavy atom. The Kier molecular flexibility index (Phi) is 5.82. The standard InChI is InChI=1S/C16H24BN3O3/c1-10(2)7-15(17(22)23)20-16(21)13(18)8-11-9-19-14-6-4-3-5-12(11)14/h3-6,9-10,13,15,19,22-23H,7-8,18H2,1-2H3,(H,20,21)/t13-,15-/m0/s1. The van der Waals surface area contributed by atoms with E-state index >= 15 is 0 Å². The van der Waals surface area contributed by atoms with E-state index in [1.165, 1.54) is 0 Å². The van der Waals surface area contributed by atoms with Gasteiger partial charge in [0.25, 0.3) is 0 Å². The number of aromatic nitrogens is 1. The van der Waals surface area contributed by atoms with Gasteiger partial charge in [-0.05, 0) is 30.4 Å². The summed E-state index contributed by atoms with van der Waals surface area (Å²) in [6.45, 7) is 3.90. The zero-order chi connectivity index (χ0) is 17.0. The summed E-state index contributed by atoms with van der Waals surface area (Å²) in [5.74, 6) is -0.863. The number of carbonyl (C=O) groups is 1. The van der Waals surface area contributed by atoms with Crippen molar-refractivity contribution in [1.29, 1.82) is 0 Å². The molecule has 1 amide bonds. The van der Waals surface area contributed by atoms with Gasteiger partial charge in [0, 0.05) is 17.1 Å². The molecule has 6 N–H and O–H groups in total. The molecule has 0 aliphatic carbocycles. The molecule has 0 spiro atoms. The van der Waals surface area contributed by atoms with Crippen LogP contribution in [0.25, 0.3) is 10.9 Å². The van der Waals surface area contributed by atoms with Crippen molar-refractivity contribution in [3.05, 3.63) is 36.0 Å². The molecule has 124 valence electrons. The minimum absolute atomic E-state index is 0.229. The van der Waals surface area contributed by atoms with Crippen molar-refractivity contribution in [2.75, 3.05) is 0 Å². The molecular weight excluding hydrogens is 293 g/mol. The van der Waals surface area contributed by atoms with Gasteiger partial charge in [0.05, 0.1) is 12.0 Å². The number of nitrogens with one attached hydrogen (secondary N) is 2. The van der Waals surface area contributed by atoms with Crippen molar-refractivity contribution in [2.24, 2.45) is 11.7 Å². The van der Waals surface area contributed by atoms with Crippen LogP contribution < -0.4 is 11.1 Å². The van der Waals surface area contributed by atoms with Crippen LogP contribution in [0.5, 0.6) is 0 Å². The zero-order valence-corrected chi connectivity index (χ0v) is 13.5. The Bertz CT molecular complexity index is 657. The third-order valence-corrected chi connectivity index (χ3v) is 3.86. The topological polar surface area (TPSA) is 111 Å². The number of para-hydroxylation sites is 1. The van der Waals surface area contributed by atoms with Gasteiger partial charge in [-0.15, -0.1) is 0 Å². The number of carbonyl (C=O) groups excluding carboxylic acids is 1. The lowest BCUT2D eigenvalue weighted by atomic mass is 9.75. The van der Waals surface area contributed by atoms with E-state index in [1.54, 1.807) is 0 Å². The van der Waals surface area contributed by atoms with E-state index in [1.807, 2.05) is 44.3 Å². The molecule has 6 nitrogen and oxygen atoms in total. The number of aromatic amines is 1. The van der Waals surface area contributed by atoms with Crippen LogP contribution in [-0.4, -0.2) is 40.0 Å². The number of hydrogen-bond acceptors (Lipinski definition) is 4. The van der Waals surface area contributed by atoms with Crippen molar-refractivity contribution in [2.45, 2.75) is 38.7 Å². The summed E-state index contributed by atoms with van der Waals surface area (Å²) in [6, 6.07) is 7.07. The average molecular weight is 317 g/mol. The molecule has 1 aromatic heterocycles. The predicted molar refractivity (Wildman–Crippen MR) is 91.6 cm³/mol. The van der Waals surface area contributed by atoms with Crippen molar-refractivity contribution < 1.29 is 14.8 Å². The van der Waals surface area contributed by atoms with Gasteiger partial charge in [-0.2, -0.15) is 0 Å². The van der Waals surface area contributed by atoms with Gasteiger partial charge in [0.1, 0.15) is 0 Å². The molecule has 0 saturated heterocycles. The molecule has 7 heteroatoms. The van der Waals surface area contributed by atoms with Crippen LogP contribution in [0.3, 0.4) is 0 Å². The van der Waals surface area contributed by atoms with Crippen molar-refractivity contribution >= 4 is 23.9 Å². The highest BCUT2D eigenvalue weighted by Gasteiger charge is 2.28. The Labute approximate surface area is 136 Å². The second kappa shape index (κ2) is 7.63. The zero-order valence-electron chi connectivity index (χ0n) is 13.5. The lowest BCUT2D eigenvalue weighted by Crippen LogP contribution is -2.52. The number of nitrogens with two attached hydrogens (primary N) is 1. The average Bonchev–Trinajstić information content (AvgIpc) is 2.89. The predicted octanol–water partition coefficient (Wildman–Crippen LogP) is 0.581. The molecule has 0 aliphatic heterocycles. The van der Waals surface area contributed by atoms with Crippen LogP contribution in [0.15, 0.2) is 30.5 Å². The van der Waals surface area contributed by atoms with Gasteiger partial charge in [0.15, 0.2) is 0 Å². The number of rotatable bonds is 7. The smallest absolute Gasteiger partial charge is 0.426 e. The van der Waals surface area contributed by atoms with Crippen LogP contribution in [-0.2, 0) is 11.2 Å². The highest BCUT2D eigenvalue weighted by Crippen LogP contribution is 2.18. The maximum Gasteiger partial charge on any atom is 0.475 e. The van der Waals surface area contributed by atoms with Crippen LogP contribution in [0, 0.1) is 5.92 Å². The molecule has 0 radical (unpaired) electrons. The summed E-state index contributed by atoms with van der Waals surface area (Å²) in [5, 5.41) is 22.4. The number of amides is 1. The molecule has 1 aromatic carbocycles. The lowest BCUT2D eigenvalue weighted by molar-refractivity contribution is -0.122. The maximum atomic E-state index is 12.2. The van der Waals surface area contributed by atoms with E-state index in [0.29, 0.717) is 12.8 Å². The highest BCUT2D eigenvalue weighted by molar-refractivity contribution is 6.43. The Hall–Kier alpha value is -1.83. The number of H-pyrrole nitrogens is 1. The van der Waals surface area contributed by atoms with Gasteiger partial charge in [-0.3, -0.25) is 4.79 Å². The van der Waals surface area contributed by atoms with E-state index in [4.69, 9.17) is 5.73 Å². The third-order valence-electron chi connectivity index (χ3n) is 3.86. The number of benzene rings is 1. The maximum absolute atomic E-state index is 12.2. The molecule has 0 aliphatic rings. The first-order chi connectivity index (χ1) is 10.9. The van der Waals surface area contributed by atoms with Gasteiger partial charge in [-0.1, -0.05) is 32.0 Å². The van der Waals surface area contributed by atoms with Gasteiger partial charge < -0.3 is 26.1 Å². The van der Waals surface area contributed by atoms with Crippen molar-refractivity contribution in [1.82, 2.24) is 10.3 Å². The van der Waals surface area contributed by atoms with Gasteiger partial charge in [-0.25, -0.2) is 0 Å². The largest absolute Gasteiger partial charge is 0.475 e. The molecule has 2 aromatic rings. The van der Waals surface area contributed by atoms with Crippen LogP contribution in [0.1, 0.15) is 25.8 Å². The van der Waals surface area contributed by atoms with E-state index in [0.717, 1.165) is 16.5 Å². The second-order valence-electron chi connectivity index (χ2n) is 6.33. The monoisotopic (exact) mass is 317 g/mol. The first-order valence-electron chi connectivity index (χ1n) is 7.85. The molecule has 0 bridgehead atoms. The number of fused-ring (bicyclic) bond motifs is 1. The summed E-state index contributed by atoms with van der Waals surface area (Å²) in [7, 11) is -1.60. The van der Waals surface area contributed by atoms with E-state index < -0.39 is 19.1 Å². The molecule has 2 atom stereocenters. The lowest BCUT2D eigenvalue weighted by Gasteiger charge is -2.21. The molecule has 2 rings (SSSR count).